The van der Waals surface area contributed by atoms with Crippen molar-refractivity contribution < 1.29 is 0 Å². The van der Waals surface area contributed by atoms with Gasteiger partial charge in [0.2, 0.25) is 0 Å². The minimum Gasteiger partial charge on any atom is -0.314 e. The largest absolute Gasteiger partial charge is 0.314 e. The van der Waals surface area contributed by atoms with E-state index in [2.05, 4.69) is 42.6 Å². The Labute approximate surface area is 92.9 Å². The van der Waals surface area contributed by atoms with Crippen molar-refractivity contribution in [3.05, 3.63) is 35.9 Å². The quantitative estimate of drug-likeness (QED) is 0.725. The second kappa shape index (κ2) is 5.32. The lowest BCUT2D eigenvalue weighted by Gasteiger charge is -2.33. The Morgan fingerprint density at radius 3 is 2.60 bits per heavy atom. The van der Waals surface area contributed by atoms with Crippen LogP contribution >= 0.6 is 0 Å². The first kappa shape index (κ1) is 10.7. The second-order valence-corrected chi connectivity index (χ2v) is 4.82. The van der Waals surface area contributed by atoms with Crippen LogP contribution in [0, 0.1) is 5.92 Å². The van der Waals surface area contributed by atoms with Crippen molar-refractivity contribution in [1.29, 1.82) is 0 Å². The van der Waals surface area contributed by atoms with Crippen LogP contribution < -0.4 is 5.32 Å². The van der Waals surface area contributed by atoms with Crippen LogP contribution in [-0.4, -0.2) is 12.6 Å². The summed E-state index contributed by atoms with van der Waals surface area (Å²) >= 11 is 0. The summed E-state index contributed by atoms with van der Waals surface area (Å²) in [6.07, 6.45) is 5.22. The molecule has 0 radical (unpaired) electrons. The minimum absolute atomic E-state index is 0.816. The molecule has 1 aliphatic rings. The molecular formula is C14H21N. The highest BCUT2D eigenvalue weighted by molar-refractivity contribution is 5.14. The van der Waals surface area contributed by atoms with Crippen molar-refractivity contribution >= 4 is 0 Å². The van der Waals surface area contributed by atoms with E-state index in [1.807, 2.05) is 0 Å². The summed E-state index contributed by atoms with van der Waals surface area (Å²) in [5.41, 5.74) is 1.46. The number of hydrogen-bond donors (Lipinski definition) is 1. The standard InChI is InChI=1S/C14H21N/c1-12-10-14(11-12)15-9-5-8-13-6-3-2-4-7-13/h2-4,6-7,12,14-15H,5,8-11H2,1H3. The Morgan fingerprint density at radius 2 is 1.93 bits per heavy atom. The molecule has 0 heterocycles. The van der Waals surface area contributed by atoms with Crippen LogP contribution in [-0.2, 0) is 6.42 Å². The van der Waals surface area contributed by atoms with Crippen LogP contribution in [0.3, 0.4) is 0 Å². The number of aryl methyl sites for hydroxylation is 1. The minimum atomic E-state index is 0.816. The molecule has 2 rings (SSSR count). The molecule has 15 heavy (non-hydrogen) atoms. The average Bonchev–Trinajstić information content (AvgIpc) is 2.23. The van der Waals surface area contributed by atoms with Crippen molar-refractivity contribution in [2.45, 2.75) is 38.6 Å². The topological polar surface area (TPSA) is 12.0 Å². The molecule has 0 bridgehead atoms. The SMILES string of the molecule is CC1CC(NCCCc2ccccc2)C1. The van der Waals surface area contributed by atoms with E-state index in [1.54, 1.807) is 0 Å². The van der Waals surface area contributed by atoms with Crippen LogP contribution in [0.25, 0.3) is 0 Å². The van der Waals surface area contributed by atoms with Gasteiger partial charge in [-0.2, -0.15) is 0 Å². The van der Waals surface area contributed by atoms with Crippen LogP contribution in [0.5, 0.6) is 0 Å². The van der Waals surface area contributed by atoms with Gasteiger partial charge in [-0.15, -0.1) is 0 Å². The molecule has 1 fully saturated rings. The summed E-state index contributed by atoms with van der Waals surface area (Å²) in [6, 6.07) is 11.6. The zero-order valence-corrected chi connectivity index (χ0v) is 9.58. The molecule has 1 saturated carbocycles. The molecule has 1 heteroatoms. The molecule has 0 saturated heterocycles. The molecule has 1 aromatic rings. The van der Waals surface area contributed by atoms with E-state index in [-0.39, 0.29) is 0 Å². The van der Waals surface area contributed by atoms with E-state index in [4.69, 9.17) is 0 Å². The van der Waals surface area contributed by atoms with Gasteiger partial charge >= 0.3 is 0 Å². The fourth-order valence-corrected chi connectivity index (χ4v) is 2.31. The van der Waals surface area contributed by atoms with Crippen LogP contribution in [0.15, 0.2) is 30.3 Å². The molecule has 0 atom stereocenters. The van der Waals surface area contributed by atoms with Crippen molar-refractivity contribution in [2.75, 3.05) is 6.54 Å². The lowest BCUT2D eigenvalue weighted by atomic mass is 9.82. The summed E-state index contributed by atoms with van der Waals surface area (Å²) in [7, 11) is 0. The van der Waals surface area contributed by atoms with Gasteiger partial charge in [-0.05, 0) is 43.7 Å². The van der Waals surface area contributed by atoms with Gasteiger partial charge in [0.15, 0.2) is 0 Å². The number of hydrogen-bond acceptors (Lipinski definition) is 1. The molecule has 1 nitrogen and oxygen atoms in total. The summed E-state index contributed by atoms with van der Waals surface area (Å²) in [6.45, 7) is 3.51. The Bertz CT molecular complexity index is 275. The molecule has 82 valence electrons. The highest BCUT2D eigenvalue weighted by Gasteiger charge is 2.23. The predicted molar refractivity (Wildman–Crippen MR) is 65.0 cm³/mol. The van der Waals surface area contributed by atoms with Crippen molar-refractivity contribution in [1.82, 2.24) is 5.32 Å². The maximum Gasteiger partial charge on any atom is 0.00721 e. The van der Waals surface area contributed by atoms with Gasteiger partial charge in [-0.25, -0.2) is 0 Å². The Kier molecular flexibility index (Phi) is 3.79. The van der Waals surface area contributed by atoms with Gasteiger partial charge in [0, 0.05) is 6.04 Å². The van der Waals surface area contributed by atoms with Gasteiger partial charge in [-0.3, -0.25) is 0 Å². The first-order chi connectivity index (χ1) is 7.34. The third kappa shape index (κ3) is 3.35. The molecule has 1 aliphatic carbocycles. The van der Waals surface area contributed by atoms with Crippen molar-refractivity contribution in [3.8, 4) is 0 Å². The Balaban J connectivity index is 1.56. The summed E-state index contributed by atoms with van der Waals surface area (Å²) in [5.74, 6) is 0.955. The van der Waals surface area contributed by atoms with E-state index in [1.165, 1.54) is 37.8 Å². The first-order valence-corrected chi connectivity index (χ1v) is 6.12. The fraction of sp³-hybridized carbons (Fsp3) is 0.571. The fourth-order valence-electron chi connectivity index (χ4n) is 2.31. The smallest absolute Gasteiger partial charge is 0.00721 e. The zero-order valence-electron chi connectivity index (χ0n) is 9.58. The molecule has 0 aromatic heterocycles. The Hall–Kier alpha value is -0.820. The van der Waals surface area contributed by atoms with Crippen molar-refractivity contribution in [3.63, 3.8) is 0 Å². The van der Waals surface area contributed by atoms with Gasteiger partial charge < -0.3 is 5.32 Å². The highest BCUT2D eigenvalue weighted by atomic mass is 14.9. The van der Waals surface area contributed by atoms with Gasteiger partial charge in [-0.1, -0.05) is 37.3 Å². The number of nitrogens with one attached hydrogen (secondary N) is 1. The highest BCUT2D eigenvalue weighted by Crippen LogP contribution is 2.25. The third-order valence-electron chi connectivity index (χ3n) is 3.29. The average molecular weight is 203 g/mol. The van der Waals surface area contributed by atoms with Gasteiger partial charge in [0.1, 0.15) is 0 Å². The van der Waals surface area contributed by atoms with E-state index in [9.17, 15) is 0 Å². The molecule has 1 N–H and O–H groups in total. The van der Waals surface area contributed by atoms with E-state index >= 15 is 0 Å². The van der Waals surface area contributed by atoms with Crippen LogP contribution in [0.1, 0.15) is 31.7 Å². The number of benzene rings is 1. The maximum absolute atomic E-state index is 3.62. The van der Waals surface area contributed by atoms with Gasteiger partial charge in [0.25, 0.3) is 0 Å². The van der Waals surface area contributed by atoms with Crippen LogP contribution in [0.2, 0.25) is 0 Å². The predicted octanol–water partition coefficient (Wildman–Crippen LogP) is 3.01. The first-order valence-electron chi connectivity index (χ1n) is 6.12. The summed E-state index contributed by atoms with van der Waals surface area (Å²) in [5, 5.41) is 3.62. The van der Waals surface area contributed by atoms with E-state index < -0.39 is 0 Å². The van der Waals surface area contributed by atoms with E-state index in [0.29, 0.717) is 0 Å². The second-order valence-electron chi connectivity index (χ2n) is 4.82. The molecule has 0 amide bonds. The van der Waals surface area contributed by atoms with Crippen LogP contribution in [0.4, 0.5) is 0 Å². The molecule has 0 unspecified atom stereocenters. The van der Waals surface area contributed by atoms with Crippen molar-refractivity contribution in [2.24, 2.45) is 5.92 Å². The zero-order chi connectivity index (χ0) is 10.5. The molecular weight excluding hydrogens is 182 g/mol. The lowest BCUT2D eigenvalue weighted by molar-refractivity contribution is 0.242. The number of rotatable bonds is 5. The summed E-state index contributed by atoms with van der Waals surface area (Å²) < 4.78 is 0. The Morgan fingerprint density at radius 1 is 1.20 bits per heavy atom. The summed E-state index contributed by atoms with van der Waals surface area (Å²) in [4.78, 5) is 0. The molecule has 0 aliphatic heterocycles. The normalized spacial score (nSPS) is 24.9. The third-order valence-corrected chi connectivity index (χ3v) is 3.29. The maximum atomic E-state index is 3.62. The molecule has 1 aromatic carbocycles. The lowest BCUT2D eigenvalue weighted by Crippen LogP contribution is -2.40. The molecule has 0 spiro atoms. The monoisotopic (exact) mass is 203 g/mol. The van der Waals surface area contributed by atoms with E-state index in [0.717, 1.165) is 12.0 Å². The van der Waals surface area contributed by atoms with Gasteiger partial charge in [0.05, 0.1) is 0 Å².